The Kier molecular flexibility index (Phi) is 4.36. The van der Waals surface area contributed by atoms with E-state index in [2.05, 4.69) is 36.1 Å². The van der Waals surface area contributed by atoms with Gasteiger partial charge in [0.15, 0.2) is 0 Å². The number of hydrogen-bond acceptors (Lipinski definition) is 3. The highest BCUT2D eigenvalue weighted by atomic mass is 15.0. The Labute approximate surface area is 86.0 Å². The SMILES string of the molecule is CCCc1cc(NCC(C)C)ncn1. The van der Waals surface area contributed by atoms with E-state index in [0.717, 1.165) is 30.9 Å². The van der Waals surface area contributed by atoms with Crippen LogP contribution in [0, 0.1) is 5.92 Å². The van der Waals surface area contributed by atoms with E-state index in [-0.39, 0.29) is 0 Å². The minimum atomic E-state index is 0.639. The number of aryl methyl sites for hydroxylation is 1. The molecule has 78 valence electrons. The van der Waals surface area contributed by atoms with Gasteiger partial charge in [0.2, 0.25) is 0 Å². The molecule has 0 amide bonds. The van der Waals surface area contributed by atoms with E-state index in [1.165, 1.54) is 0 Å². The van der Waals surface area contributed by atoms with Gasteiger partial charge in [-0.15, -0.1) is 0 Å². The molecule has 0 aliphatic rings. The van der Waals surface area contributed by atoms with Crippen LogP contribution in [0.5, 0.6) is 0 Å². The third-order valence-corrected chi connectivity index (χ3v) is 1.92. The summed E-state index contributed by atoms with van der Waals surface area (Å²) in [7, 11) is 0. The summed E-state index contributed by atoms with van der Waals surface area (Å²) in [5.41, 5.74) is 1.12. The fraction of sp³-hybridized carbons (Fsp3) is 0.636. The van der Waals surface area contributed by atoms with Crippen molar-refractivity contribution >= 4 is 5.82 Å². The third-order valence-electron chi connectivity index (χ3n) is 1.92. The Bertz CT molecular complexity index is 271. The largest absolute Gasteiger partial charge is 0.370 e. The highest BCUT2D eigenvalue weighted by molar-refractivity contribution is 5.34. The van der Waals surface area contributed by atoms with Gasteiger partial charge < -0.3 is 5.32 Å². The maximum atomic E-state index is 4.21. The van der Waals surface area contributed by atoms with Crippen molar-refractivity contribution in [1.82, 2.24) is 9.97 Å². The zero-order valence-corrected chi connectivity index (χ0v) is 9.25. The molecular weight excluding hydrogens is 174 g/mol. The van der Waals surface area contributed by atoms with E-state index in [1.54, 1.807) is 6.33 Å². The standard InChI is InChI=1S/C11H19N3/c1-4-5-10-6-11(14-8-13-10)12-7-9(2)3/h6,8-9H,4-5,7H2,1-3H3,(H,12,13,14). The van der Waals surface area contributed by atoms with E-state index in [4.69, 9.17) is 0 Å². The molecule has 1 heterocycles. The summed E-state index contributed by atoms with van der Waals surface area (Å²) >= 11 is 0. The predicted molar refractivity (Wildman–Crippen MR) is 59.4 cm³/mol. The molecule has 0 unspecified atom stereocenters. The average Bonchev–Trinajstić information content (AvgIpc) is 2.16. The van der Waals surface area contributed by atoms with Crippen LogP contribution in [0.1, 0.15) is 32.9 Å². The number of nitrogens with one attached hydrogen (secondary N) is 1. The van der Waals surface area contributed by atoms with Gasteiger partial charge in [0.25, 0.3) is 0 Å². The van der Waals surface area contributed by atoms with Crippen LogP contribution < -0.4 is 5.32 Å². The molecule has 0 fully saturated rings. The average molecular weight is 193 g/mol. The zero-order valence-electron chi connectivity index (χ0n) is 9.25. The molecular formula is C11H19N3. The van der Waals surface area contributed by atoms with Crippen LogP contribution in [0.15, 0.2) is 12.4 Å². The van der Waals surface area contributed by atoms with Crippen LogP contribution >= 0.6 is 0 Å². The van der Waals surface area contributed by atoms with Crippen LogP contribution in [0.2, 0.25) is 0 Å². The Morgan fingerprint density at radius 1 is 1.36 bits per heavy atom. The normalized spacial score (nSPS) is 10.6. The van der Waals surface area contributed by atoms with Crippen LogP contribution in [0.4, 0.5) is 5.82 Å². The summed E-state index contributed by atoms with van der Waals surface area (Å²) in [6.45, 7) is 7.48. The lowest BCUT2D eigenvalue weighted by molar-refractivity contribution is 0.686. The molecule has 0 bridgehead atoms. The molecule has 1 N–H and O–H groups in total. The summed E-state index contributed by atoms with van der Waals surface area (Å²) in [5.74, 6) is 1.58. The van der Waals surface area contributed by atoms with Crippen molar-refractivity contribution in [3.63, 3.8) is 0 Å². The van der Waals surface area contributed by atoms with Gasteiger partial charge in [0, 0.05) is 18.3 Å². The van der Waals surface area contributed by atoms with Crippen molar-refractivity contribution in [2.24, 2.45) is 5.92 Å². The third kappa shape index (κ3) is 3.73. The van der Waals surface area contributed by atoms with Crippen molar-refractivity contribution in [1.29, 1.82) is 0 Å². The molecule has 14 heavy (non-hydrogen) atoms. The molecule has 1 rings (SSSR count). The minimum absolute atomic E-state index is 0.639. The van der Waals surface area contributed by atoms with Crippen LogP contribution in [0.25, 0.3) is 0 Å². The molecule has 0 aliphatic carbocycles. The van der Waals surface area contributed by atoms with Gasteiger partial charge in [-0.25, -0.2) is 9.97 Å². The second kappa shape index (κ2) is 5.58. The van der Waals surface area contributed by atoms with Gasteiger partial charge in [-0.3, -0.25) is 0 Å². The second-order valence-corrected chi connectivity index (χ2v) is 3.92. The first-order valence-corrected chi connectivity index (χ1v) is 5.27. The van der Waals surface area contributed by atoms with E-state index in [9.17, 15) is 0 Å². The van der Waals surface area contributed by atoms with Crippen molar-refractivity contribution in [3.8, 4) is 0 Å². The maximum absolute atomic E-state index is 4.21. The first-order chi connectivity index (χ1) is 6.72. The van der Waals surface area contributed by atoms with Gasteiger partial charge in [-0.05, 0) is 12.3 Å². The quantitative estimate of drug-likeness (QED) is 0.780. The van der Waals surface area contributed by atoms with E-state index in [1.807, 2.05) is 6.07 Å². The van der Waals surface area contributed by atoms with Crippen LogP contribution in [-0.4, -0.2) is 16.5 Å². The summed E-state index contributed by atoms with van der Waals surface area (Å²) in [4.78, 5) is 8.38. The van der Waals surface area contributed by atoms with Crippen LogP contribution in [0.3, 0.4) is 0 Å². The monoisotopic (exact) mass is 193 g/mol. The topological polar surface area (TPSA) is 37.8 Å². The molecule has 0 aromatic carbocycles. The minimum Gasteiger partial charge on any atom is -0.370 e. The highest BCUT2D eigenvalue weighted by Gasteiger charge is 1.98. The molecule has 0 spiro atoms. The second-order valence-electron chi connectivity index (χ2n) is 3.92. The van der Waals surface area contributed by atoms with Gasteiger partial charge in [0.1, 0.15) is 12.1 Å². The van der Waals surface area contributed by atoms with E-state index < -0.39 is 0 Å². The smallest absolute Gasteiger partial charge is 0.129 e. The van der Waals surface area contributed by atoms with Crippen molar-refractivity contribution in [2.45, 2.75) is 33.6 Å². The fourth-order valence-electron chi connectivity index (χ4n) is 1.20. The lowest BCUT2D eigenvalue weighted by Gasteiger charge is -2.08. The summed E-state index contributed by atoms with van der Waals surface area (Å²) < 4.78 is 0. The van der Waals surface area contributed by atoms with Gasteiger partial charge in [-0.2, -0.15) is 0 Å². The number of anilines is 1. The van der Waals surface area contributed by atoms with Crippen molar-refractivity contribution in [3.05, 3.63) is 18.1 Å². The number of rotatable bonds is 5. The Hall–Kier alpha value is -1.12. The lowest BCUT2D eigenvalue weighted by Crippen LogP contribution is -2.09. The number of hydrogen-bond donors (Lipinski definition) is 1. The Morgan fingerprint density at radius 3 is 2.79 bits per heavy atom. The lowest BCUT2D eigenvalue weighted by atomic mass is 10.2. The van der Waals surface area contributed by atoms with Crippen molar-refractivity contribution < 1.29 is 0 Å². The maximum Gasteiger partial charge on any atom is 0.129 e. The molecule has 0 saturated carbocycles. The summed E-state index contributed by atoms with van der Waals surface area (Å²) in [6.07, 6.45) is 3.78. The summed E-state index contributed by atoms with van der Waals surface area (Å²) in [6, 6.07) is 2.03. The predicted octanol–water partition coefficient (Wildman–Crippen LogP) is 2.50. The Morgan fingerprint density at radius 2 is 2.14 bits per heavy atom. The first kappa shape index (κ1) is 11.0. The molecule has 3 nitrogen and oxygen atoms in total. The first-order valence-electron chi connectivity index (χ1n) is 5.27. The zero-order chi connectivity index (χ0) is 10.4. The molecule has 1 aromatic heterocycles. The van der Waals surface area contributed by atoms with E-state index >= 15 is 0 Å². The Balaban J connectivity index is 2.54. The number of nitrogens with zero attached hydrogens (tertiary/aromatic N) is 2. The highest BCUT2D eigenvalue weighted by Crippen LogP contribution is 2.06. The molecule has 0 radical (unpaired) electrons. The van der Waals surface area contributed by atoms with E-state index in [0.29, 0.717) is 5.92 Å². The summed E-state index contributed by atoms with van der Waals surface area (Å²) in [5, 5.41) is 3.29. The molecule has 0 atom stereocenters. The molecule has 3 heteroatoms. The number of aromatic nitrogens is 2. The molecule has 0 aliphatic heterocycles. The molecule has 1 aromatic rings. The molecule has 0 saturated heterocycles. The van der Waals surface area contributed by atoms with Gasteiger partial charge in [-0.1, -0.05) is 27.2 Å². The fourth-order valence-corrected chi connectivity index (χ4v) is 1.20. The van der Waals surface area contributed by atoms with Crippen molar-refractivity contribution in [2.75, 3.05) is 11.9 Å². The van der Waals surface area contributed by atoms with Gasteiger partial charge >= 0.3 is 0 Å². The van der Waals surface area contributed by atoms with Gasteiger partial charge in [0.05, 0.1) is 0 Å². The van der Waals surface area contributed by atoms with Crippen LogP contribution in [-0.2, 0) is 6.42 Å².